The molecular formula is C26H35NO9. The topological polar surface area (TPSA) is 169 Å². The van der Waals surface area contributed by atoms with E-state index < -0.39 is 54.7 Å². The number of carbonyl (C=O) groups excluding carboxylic acids is 1. The fourth-order valence-electron chi connectivity index (χ4n) is 4.09. The van der Waals surface area contributed by atoms with E-state index in [-0.39, 0.29) is 13.2 Å². The van der Waals surface area contributed by atoms with E-state index in [1.165, 1.54) is 13.8 Å². The van der Waals surface area contributed by atoms with Crippen molar-refractivity contribution in [2.75, 3.05) is 19.8 Å². The highest BCUT2D eigenvalue weighted by atomic mass is 16.6. The van der Waals surface area contributed by atoms with Crippen molar-refractivity contribution in [3.63, 3.8) is 0 Å². The number of aliphatic hydroxyl groups excluding tert-OH is 5. The number of hydrogen-bond acceptors (Lipinski definition) is 9. The Labute approximate surface area is 209 Å². The van der Waals surface area contributed by atoms with Crippen LogP contribution in [0.4, 0.5) is 0 Å². The lowest BCUT2D eigenvalue weighted by Crippen LogP contribution is -2.66. The maximum absolute atomic E-state index is 12.6. The smallest absolute Gasteiger partial charge is 0.251 e. The fraction of sp³-hybridized carbons (Fsp3) is 0.500. The molecule has 7 atom stereocenters. The Morgan fingerprint density at radius 2 is 1.86 bits per heavy atom. The summed E-state index contributed by atoms with van der Waals surface area (Å²) in [6.45, 7) is 3.63. The van der Waals surface area contributed by atoms with Crippen molar-refractivity contribution < 1.29 is 44.9 Å². The first kappa shape index (κ1) is 28.0. The Hall–Kier alpha value is -2.57. The molecule has 1 fully saturated rings. The van der Waals surface area contributed by atoms with Crippen molar-refractivity contribution in [1.29, 1.82) is 0 Å². The second-order valence-corrected chi connectivity index (χ2v) is 9.38. The van der Waals surface area contributed by atoms with Crippen LogP contribution in [0.3, 0.4) is 0 Å². The SMILES string of the molecule is Cc1cc(-c2cccc(C(=O)NC(CO)C(C)O)c2)ccc1OCC1OC(CO)C(O)C(O)C1(C)O. The molecule has 0 spiro atoms. The third kappa shape index (κ3) is 6.04. The number of aryl methyl sites for hydroxylation is 1. The van der Waals surface area contributed by atoms with E-state index >= 15 is 0 Å². The summed E-state index contributed by atoms with van der Waals surface area (Å²) < 4.78 is 11.4. The van der Waals surface area contributed by atoms with Crippen molar-refractivity contribution in [1.82, 2.24) is 5.32 Å². The Balaban J connectivity index is 1.72. The third-order valence-electron chi connectivity index (χ3n) is 6.59. The molecule has 10 nitrogen and oxygen atoms in total. The van der Waals surface area contributed by atoms with Gasteiger partial charge in [-0.15, -0.1) is 0 Å². The zero-order chi connectivity index (χ0) is 26.6. The highest BCUT2D eigenvalue weighted by Gasteiger charge is 2.51. The van der Waals surface area contributed by atoms with Gasteiger partial charge in [-0.05, 0) is 61.7 Å². The number of rotatable bonds is 9. The van der Waals surface area contributed by atoms with Crippen LogP contribution in [-0.2, 0) is 4.74 Å². The van der Waals surface area contributed by atoms with Crippen LogP contribution in [0.5, 0.6) is 5.75 Å². The van der Waals surface area contributed by atoms with Crippen LogP contribution in [0.1, 0.15) is 29.8 Å². The lowest BCUT2D eigenvalue weighted by Gasteiger charge is -2.46. The first-order chi connectivity index (χ1) is 17.0. The van der Waals surface area contributed by atoms with Crippen LogP contribution in [0.15, 0.2) is 42.5 Å². The number of ether oxygens (including phenoxy) is 2. The minimum absolute atomic E-state index is 0.127. The van der Waals surface area contributed by atoms with Gasteiger partial charge >= 0.3 is 0 Å². The molecule has 1 heterocycles. The monoisotopic (exact) mass is 505 g/mol. The molecule has 0 aromatic heterocycles. The van der Waals surface area contributed by atoms with Crippen LogP contribution in [0.2, 0.25) is 0 Å². The Morgan fingerprint density at radius 3 is 2.47 bits per heavy atom. The zero-order valence-corrected chi connectivity index (χ0v) is 20.5. The quantitative estimate of drug-likeness (QED) is 0.243. The van der Waals surface area contributed by atoms with Gasteiger partial charge in [-0.2, -0.15) is 0 Å². The third-order valence-corrected chi connectivity index (χ3v) is 6.59. The van der Waals surface area contributed by atoms with E-state index in [0.29, 0.717) is 11.3 Å². The second-order valence-electron chi connectivity index (χ2n) is 9.38. The number of hydrogen-bond donors (Lipinski definition) is 7. The molecule has 2 aromatic carbocycles. The second kappa shape index (κ2) is 11.7. The number of aliphatic hydroxyl groups is 6. The number of nitrogens with one attached hydrogen (secondary N) is 1. The first-order valence-electron chi connectivity index (χ1n) is 11.8. The highest BCUT2D eigenvalue weighted by Crippen LogP contribution is 2.32. The molecule has 198 valence electrons. The Bertz CT molecular complexity index is 1040. The van der Waals surface area contributed by atoms with Gasteiger partial charge in [0.1, 0.15) is 42.4 Å². The summed E-state index contributed by atoms with van der Waals surface area (Å²) in [5, 5.41) is 61.9. The van der Waals surface area contributed by atoms with Gasteiger partial charge in [-0.1, -0.05) is 18.2 Å². The van der Waals surface area contributed by atoms with E-state index in [9.17, 15) is 35.4 Å². The Morgan fingerprint density at radius 1 is 1.17 bits per heavy atom. The molecular weight excluding hydrogens is 470 g/mol. The number of carbonyl (C=O) groups is 1. The minimum atomic E-state index is -1.79. The van der Waals surface area contributed by atoms with Crippen molar-refractivity contribution in [3.8, 4) is 16.9 Å². The van der Waals surface area contributed by atoms with Gasteiger partial charge in [-0.25, -0.2) is 0 Å². The van der Waals surface area contributed by atoms with Crippen LogP contribution in [0.25, 0.3) is 11.1 Å². The molecule has 1 aliphatic rings. The number of benzene rings is 2. The summed E-state index contributed by atoms with van der Waals surface area (Å²) in [6.07, 6.45) is -5.88. The summed E-state index contributed by atoms with van der Waals surface area (Å²) in [5.74, 6) is 0.0948. The van der Waals surface area contributed by atoms with E-state index in [0.717, 1.165) is 16.7 Å². The summed E-state index contributed by atoms with van der Waals surface area (Å²) in [5.41, 5.74) is 0.954. The molecule has 0 radical (unpaired) electrons. The predicted molar refractivity (Wildman–Crippen MR) is 131 cm³/mol. The molecule has 0 bridgehead atoms. The van der Waals surface area contributed by atoms with Gasteiger partial charge in [0.15, 0.2) is 0 Å². The summed E-state index contributed by atoms with van der Waals surface area (Å²) in [7, 11) is 0. The van der Waals surface area contributed by atoms with Crippen molar-refractivity contribution in [2.24, 2.45) is 0 Å². The maximum atomic E-state index is 12.6. The lowest BCUT2D eigenvalue weighted by atomic mass is 9.84. The van der Waals surface area contributed by atoms with E-state index in [1.807, 2.05) is 19.1 Å². The normalized spacial score (nSPS) is 27.8. The molecule has 0 saturated carbocycles. The highest BCUT2D eigenvalue weighted by molar-refractivity contribution is 5.95. The van der Waals surface area contributed by atoms with E-state index in [2.05, 4.69) is 5.32 Å². The molecule has 0 aliphatic carbocycles. The maximum Gasteiger partial charge on any atom is 0.251 e. The van der Waals surface area contributed by atoms with Gasteiger partial charge in [0.2, 0.25) is 0 Å². The molecule has 1 amide bonds. The van der Waals surface area contributed by atoms with Gasteiger partial charge < -0.3 is 45.4 Å². The first-order valence-corrected chi connectivity index (χ1v) is 11.8. The molecule has 7 unspecified atom stereocenters. The van der Waals surface area contributed by atoms with Crippen LogP contribution in [0, 0.1) is 6.92 Å². The molecule has 3 rings (SSSR count). The summed E-state index contributed by atoms with van der Waals surface area (Å²) in [4.78, 5) is 12.6. The molecule has 7 N–H and O–H groups in total. The zero-order valence-electron chi connectivity index (χ0n) is 20.5. The molecule has 1 saturated heterocycles. The summed E-state index contributed by atoms with van der Waals surface area (Å²) in [6, 6.07) is 11.6. The average molecular weight is 506 g/mol. The average Bonchev–Trinajstić information content (AvgIpc) is 2.86. The summed E-state index contributed by atoms with van der Waals surface area (Å²) >= 11 is 0. The van der Waals surface area contributed by atoms with Crippen LogP contribution < -0.4 is 10.1 Å². The minimum Gasteiger partial charge on any atom is -0.490 e. The molecule has 36 heavy (non-hydrogen) atoms. The van der Waals surface area contributed by atoms with Gasteiger partial charge in [0.25, 0.3) is 5.91 Å². The molecule has 1 aliphatic heterocycles. The predicted octanol–water partition coefficient (Wildman–Crippen LogP) is -0.255. The largest absolute Gasteiger partial charge is 0.490 e. The number of amides is 1. The molecule has 10 heteroatoms. The Kier molecular flexibility index (Phi) is 9.07. The van der Waals surface area contributed by atoms with Crippen LogP contribution >= 0.6 is 0 Å². The van der Waals surface area contributed by atoms with Gasteiger partial charge in [0, 0.05) is 5.56 Å². The van der Waals surface area contributed by atoms with Crippen molar-refractivity contribution in [2.45, 2.75) is 62.9 Å². The van der Waals surface area contributed by atoms with Crippen LogP contribution in [-0.4, -0.2) is 98.5 Å². The fourth-order valence-corrected chi connectivity index (χ4v) is 4.09. The van der Waals surface area contributed by atoms with E-state index in [1.54, 1.807) is 30.3 Å². The van der Waals surface area contributed by atoms with Crippen molar-refractivity contribution >= 4 is 5.91 Å². The molecule has 2 aromatic rings. The van der Waals surface area contributed by atoms with Gasteiger partial charge in [0.05, 0.1) is 25.4 Å². The van der Waals surface area contributed by atoms with Crippen molar-refractivity contribution in [3.05, 3.63) is 53.6 Å². The lowest BCUT2D eigenvalue weighted by molar-refractivity contribution is -0.272. The standard InChI is InChI=1S/C26H35NO9/c1-14-9-17(16-5-4-6-18(10-16)25(33)27-19(11-28)15(2)30)7-8-20(14)35-13-22-26(3,34)24(32)23(31)21(12-29)36-22/h4-10,15,19,21-24,28-32,34H,11-13H2,1-3H3,(H,27,33). The van der Waals surface area contributed by atoms with Gasteiger partial charge in [-0.3, -0.25) is 4.79 Å². The van der Waals surface area contributed by atoms with E-state index in [4.69, 9.17) is 9.47 Å².